The zero-order chi connectivity index (χ0) is 16.7. The van der Waals surface area contributed by atoms with Gasteiger partial charge in [0.2, 0.25) is 5.91 Å². The van der Waals surface area contributed by atoms with Crippen LogP contribution in [0.4, 0.5) is 0 Å². The van der Waals surface area contributed by atoms with Gasteiger partial charge in [0.05, 0.1) is 14.2 Å². The third-order valence-corrected chi connectivity index (χ3v) is 4.66. The number of nitrogens with one attached hydrogen (secondary N) is 2. The predicted molar refractivity (Wildman–Crippen MR) is 90.8 cm³/mol. The number of hydrogen-bond donors (Lipinski definition) is 2. The largest absolute Gasteiger partial charge is 0.493 e. The molecule has 1 aromatic rings. The number of benzene rings is 1. The lowest BCUT2D eigenvalue weighted by Crippen LogP contribution is -2.33. The number of methoxy groups -OCH3 is 2. The Labute approximate surface area is 138 Å². The van der Waals surface area contributed by atoms with E-state index in [0.29, 0.717) is 36.3 Å². The van der Waals surface area contributed by atoms with Crippen molar-refractivity contribution in [3.05, 3.63) is 23.8 Å². The Morgan fingerprint density at radius 1 is 1.30 bits per heavy atom. The normalized spacial score (nSPS) is 16.7. The second kappa shape index (κ2) is 8.77. The molecule has 1 fully saturated rings. The van der Waals surface area contributed by atoms with Crippen molar-refractivity contribution in [2.45, 2.75) is 32.7 Å². The van der Waals surface area contributed by atoms with Gasteiger partial charge in [0.15, 0.2) is 11.5 Å². The fraction of sp³-hybridized carbons (Fsp3) is 0.611. The fourth-order valence-electron chi connectivity index (χ4n) is 3.23. The molecule has 0 aliphatic carbocycles. The van der Waals surface area contributed by atoms with Crippen molar-refractivity contribution in [1.29, 1.82) is 0 Å². The second-order valence-corrected chi connectivity index (χ2v) is 6.20. The lowest BCUT2D eigenvalue weighted by Gasteiger charge is -2.27. The summed E-state index contributed by atoms with van der Waals surface area (Å²) in [4.78, 5) is 12.2. The first kappa shape index (κ1) is 17.6. The smallest absolute Gasteiger partial charge is 0.220 e. The average Bonchev–Trinajstić information content (AvgIpc) is 2.60. The lowest BCUT2D eigenvalue weighted by atomic mass is 9.84. The molecule has 1 unspecified atom stereocenters. The summed E-state index contributed by atoms with van der Waals surface area (Å²) in [7, 11) is 3.23. The molecular formula is C18H28N2O3. The van der Waals surface area contributed by atoms with Crippen molar-refractivity contribution in [3.63, 3.8) is 0 Å². The van der Waals surface area contributed by atoms with Gasteiger partial charge in [-0.25, -0.2) is 0 Å². The molecule has 0 radical (unpaired) electrons. The van der Waals surface area contributed by atoms with Gasteiger partial charge in [-0.1, -0.05) is 19.1 Å². The van der Waals surface area contributed by atoms with Gasteiger partial charge in [0.1, 0.15) is 0 Å². The van der Waals surface area contributed by atoms with Gasteiger partial charge in [-0.2, -0.15) is 0 Å². The molecule has 5 nitrogen and oxygen atoms in total. The van der Waals surface area contributed by atoms with Crippen molar-refractivity contribution < 1.29 is 14.3 Å². The van der Waals surface area contributed by atoms with Crippen LogP contribution in [0, 0.1) is 11.8 Å². The first-order valence-electron chi connectivity index (χ1n) is 8.33. The molecule has 2 rings (SSSR count). The summed E-state index contributed by atoms with van der Waals surface area (Å²) in [5.74, 6) is 2.53. The van der Waals surface area contributed by atoms with Crippen LogP contribution in [0.2, 0.25) is 0 Å². The average molecular weight is 320 g/mol. The molecule has 0 bridgehead atoms. The topological polar surface area (TPSA) is 59.6 Å². The van der Waals surface area contributed by atoms with E-state index in [-0.39, 0.29) is 5.91 Å². The minimum absolute atomic E-state index is 0.0981. The SMILES string of the molecule is COc1cccc(CNC(=O)CC(C)C2CCNCC2)c1OC. The Hall–Kier alpha value is -1.75. The minimum Gasteiger partial charge on any atom is -0.493 e. The summed E-state index contributed by atoms with van der Waals surface area (Å²) in [6.45, 7) is 4.77. The van der Waals surface area contributed by atoms with E-state index in [1.165, 1.54) is 0 Å². The first-order valence-corrected chi connectivity index (χ1v) is 8.33. The molecule has 1 saturated heterocycles. The van der Waals surface area contributed by atoms with Crippen molar-refractivity contribution in [2.75, 3.05) is 27.3 Å². The number of piperidine rings is 1. The highest BCUT2D eigenvalue weighted by Gasteiger charge is 2.22. The molecule has 1 aromatic carbocycles. The molecule has 0 saturated carbocycles. The third kappa shape index (κ3) is 4.86. The van der Waals surface area contributed by atoms with Gasteiger partial charge < -0.3 is 20.1 Å². The summed E-state index contributed by atoms with van der Waals surface area (Å²) >= 11 is 0. The maximum absolute atomic E-state index is 12.2. The molecule has 1 aliphatic heterocycles. The predicted octanol–water partition coefficient (Wildman–Crippen LogP) is 2.35. The van der Waals surface area contributed by atoms with Gasteiger partial charge in [-0.3, -0.25) is 4.79 Å². The van der Waals surface area contributed by atoms with Crippen LogP contribution in [0.3, 0.4) is 0 Å². The number of rotatable bonds is 7. The first-order chi connectivity index (χ1) is 11.2. The van der Waals surface area contributed by atoms with E-state index in [4.69, 9.17) is 9.47 Å². The molecule has 1 aliphatic rings. The second-order valence-electron chi connectivity index (χ2n) is 6.20. The molecule has 1 atom stereocenters. The van der Waals surface area contributed by atoms with Crippen molar-refractivity contribution in [2.24, 2.45) is 11.8 Å². The van der Waals surface area contributed by atoms with E-state index in [0.717, 1.165) is 31.5 Å². The Bertz CT molecular complexity index is 513. The quantitative estimate of drug-likeness (QED) is 0.809. The van der Waals surface area contributed by atoms with Crippen LogP contribution in [-0.4, -0.2) is 33.2 Å². The summed E-state index contributed by atoms with van der Waals surface area (Å²) in [6.07, 6.45) is 2.91. The van der Waals surface area contributed by atoms with E-state index >= 15 is 0 Å². The number of para-hydroxylation sites is 1. The molecule has 0 aromatic heterocycles. The van der Waals surface area contributed by atoms with Crippen molar-refractivity contribution >= 4 is 5.91 Å². The third-order valence-electron chi connectivity index (χ3n) is 4.66. The summed E-state index contributed by atoms with van der Waals surface area (Å²) in [5, 5.41) is 6.37. The Morgan fingerprint density at radius 2 is 2.04 bits per heavy atom. The van der Waals surface area contributed by atoms with Gasteiger partial charge in [0, 0.05) is 18.5 Å². The van der Waals surface area contributed by atoms with Crippen LogP contribution < -0.4 is 20.1 Å². The highest BCUT2D eigenvalue weighted by Crippen LogP contribution is 2.30. The molecule has 5 heteroatoms. The Balaban J connectivity index is 1.86. The maximum Gasteiger partial charge on any atom is 0.220 e. The van der Waals surface area contributed by atoms with Crippen LogP contribution in [0.5, 0.6) is 11.5 Å². The van der Waals surface area contributed by atoms with Gasteiger partial charge in [0.25, 0.3) is 0 Å². The Morgan fingerprint density at radius 3 is 2.70 bits per heavy atom. The molecule has 1 amide bonds. The minimum atomic E-state index is 0.0981. The standard InChI is InChI=1S/C18H28N2O3/c1-13(14-7-9-19-10-8-14)11-17(21)20-12-15-5-4-6-16(22-2)18(15)23-3/h4-6,13-14,19H,7-12H2,1-3H3,(H,20,21). The molecule has 23 heavy (non-hydrogen) atoms. The highest BCUT2D eigenvalue weighted by molar-refractivity contribution is 5.76. The summed E-state index contributed by atoms with van der Waals surface area (Å²) < 4.78 is 10.7. The molecular weight excluding hydrogens is 292 g/mol. The monoisotopic (exact) mass is 320 g/mol. The summed E-state index contributed by atoms with van der Waals surface area (Å²) in [5.41, 5.74) is 0.926. The van der Waals surface area contributed by atoms with E-state index in [9.17, 15) is 4.79 Å². The molecule has 2 N–H and O–H groups in total. The lowest BCUT2D eigenvalue weighted by molar-refractivity contribution is -0.122. The number of carbonyl (C=O) groups excluding carboxylic acids is 1. The van der Waals surface area contributed by atoms with Gasteiger partial charge in [-0.15, -0.1) is 0 Å². The van der Waals surface area contributed by atoms with E-state index < -0.39 is 0 Å². The number of amides is 1. The van der Waals surface area contributed by atoms with Gasteiger partial charge in [-0.05, 0) is 43.8 Å². The highest BCUT2D eigenvalue weighted by atomic mass is 16.5. The van der Waals surface area contributed by atoms with Crippen molar-refractivity contribution in [3.8, 4) is 11.5 Å². The number of hydrogen-bond acceptors (Lipinski definition) is 4. The zero-order valence-electron chi connectivity index (χ0n) is 14.4. The van der Waals surface area contributed by atoms with E-state index in [1.54, 1.807) is 14.2 Å². The molecule has 0 spiro atoms. The van der Waals surface area contributed by atoms with Crippen LogP contribution in [0.15, 0.2) is 18.2 Å². The molecule has 128 valence electrons. The van der Waals surface area contributed by atoms with Crippen LogP contribution >= 0.6 is 0 Å². The fourth-order valence-corrected chi connectivity index (χ4v) is 3.23. The van der Waals surface area contributed by atoms with Crippen LogP contribution in [-0.2, 0) is 11.3 Å². The van der Waals surface area contributed by atoms with Crippen LogP contribution in [0.1, 0.15) is 31.7 Å². The number of carbonyl (C=O) groups is 1. The van der Waals surface area contributed by atoms with Gasteiger partial charge >= 0.3 is 0 Å². The Kier molecular flexibility index (Phi) is 6.71. The summed E-state index contributed by atoms with van der Waals surface area (Å²) in [6, 6.07) is 5.70. The van der Waals surface area contributed by atoms with Crippen molar-refractivity contribution in [1.82, 2.24) is 10.6 Å². The van der Waals surface area contributed by atoms with Crippen LogP contribution in [0.25, 0.3) is 0 Å². The number of ether oxygens (including phenoxy) is 2. The van der Waals surface area contributed by atoms with E-state index in [1.807, 2.05) is 18.2 Å². The zero-order valence-corrected chi connectivity index (χ0v) is 14.4. The molecule has 1 heterocycles. The maximum atomic E-state index is 12.2. The van der Waals surface area contributed by atoms with E-state index in [2.05, 4.69) is 17.6 Å².